The Kier molecular flexibility index (Phi) is 6.28. The van der Waals surface area contributed by atoms with Gasteiger partial charge in [0, 0.05) is 38.0 Å². The van der Waals surface area contributed by atoms with Crippen molar-refractivity contribution >= 4 is 17.5 Å². The maximum atomic E-state index is 11.8. The molecule has 0 aliphatic rings. The van der Waals surface area contributed by atoms with Gasteiger partial charge in [0.15, 0.2) is 0 Å². The maximum Gasteiger partial charge on any atom is 0.267 e. The molecule has 0 saturated carbocycles. The lowest BCUT2D eigenvalue weighted by molar-refractivity contribution is -0.119. The van der Waals surface area contributed by atoms with Crippen LogP contribution in [0.2, 0.25) is 0 Å². The molecule has 7 heteroatoms. The topological polar surface area (TPSA) is 114 Å². The number of nitrogens with one attached hydrogen (secondary N) is 3. The third-order valence-corrected chi connectivity index (χ3v) is 2.36. The number of nitrogens with zero attached hydrogens (tertiary/aromatic N) is 1. The van der Waals surface area contributed by atoms with Crippen LogP contribution in [0.5, 0.6) is 5.75 Å². The second-order valence-electron chi connectivity index (χ2n) is 4.11. The van der Waals surface area contributed by atoms with E-state index in [1.807, 2.05) is 0 Å². The molecule has 0 aromatic heterocycles. The molecule has 0 spiro atoms. The summed E-state index contributed by atoms with van der Waals surface area (Å²) in [6.45, 7) is 2.18. The van der Waals surface area contributed by atoms with Crippen molar-refractivity contribution in [2.45, 2.75) is 6.92 Å². The van der Waals surface area contributed by atoms with Gasteiger partial charge in [-0.25, -0.2) is 0 Å². The number of aromatic hydroxyl groups is 1. The SMILES string of the molecule is CC(=O)NCCN/C=C(/C#N)C(=O)Nc1cccc(O)c1. The van der Waals surface area contributed by atoms with Gasteiger partial charge in [-0.15, -0.1) is 0 Å². The van der Waals surface area contributed by atoms with Crippen molar-refractivity contribution in [1.82, 2.24) is 10.6 Å². The lowest BCUT2D eigenvalue weighted by atomic mass is 10.2. The first-order chi connectivity index (χ1) is 10.0. The Labute approximate surface area is 122 Å². The van der Waals surface area contributed by atoms with Crippen LogP contribution >= 0.6 is 0 Å². The molecule has 1 aromatic rings. The van der Waals surface area contributed by atoms with Crippen molar-refractivity contribution in [3.63, 3.8) is 0 Å². The van der Waals surface area contributed by atoms with Gasteiger partial charge in [0.1, 0.15) is 17.4 Å². The summed E-state index contributed by atoms with van der Waals surface area (Å²) < 4.78 is 0. The lowest BCUT2D eigenvalue weighted by Crippen LogP contribution is -2.28. The quantitative estimate of drug-likeness (QED) is 0.345. The van der Waals surface area contributed by atoms with Crippen LogP contribution < -0.4 is 16.0 Å². The van der Waals surface area contributed by atoms with Crippen molar-refractivity contribution in [2.24, 2.45) is 0 Å². The third-order valence-electron chi connectivity index (χ3n) is 2.36. The first-order valence-corrected chi connectivity index (χ1v) is 6.21. The lowest BCUT2D eigenvalue weighted by Gasteiger charge is -2.05. The number of hydrogen-bond donors (Lipinski definition) is 4. The summed E-state index contributed by atoms with van der Waals surface area (Å²) in [5, 5.41) is 26.0. The Balaban J connectivity index is 2.53. The predicted molar refractivity (Wildman–Crippen MR) is 77.1 cm³/mol. The molecule has 0 saturated heterocycles. The minimum atomic E-state index is -0.588. The van der Waals surface area contributed by atoms with Crippen molar-refractivity contribution in [1.29, 1.82) is 5.26 Å². The van der Waals surface area contributed by atoms with E-state index in [2.05, 4.69) is 16.0 Å². The van der Waals surface area contributed by atoms with Crippen LogP contribution in [0, 0.1) is 11.3 Å². The second kappa shape index (κ2) is 8.22. The molecule has 0 aliphatic heterocycles. The van der Waals surface area contributed by atoms with Crippen LogP contribution in [-0.2, 0) is 9.59 Å². The average Bonchev–Trinajstić information content (AvgIpc) is 2.42. The predicted octanol–water partition coefficient (Wildman–Crippen LogP) is 0.464. The molecule has 7 nitrogen and oxygen atoms in total. The number of nitriles is 1. The summed E-state index contributed by atoms with van der Waals surface area (Å²) in [5.74, 6) is -0.721. The summed E-state index contributed by atoms with van der Waals surface area (Å²) >= 11 is 0. The molecule has 0 aliphatic carbocycles. The molecule has 0 fully saturated rings. The van der Waals surface area contributed by atoms with Crippen LogP contribution in [0.25, 0.3) is 0 Å². The van der Waals surface area contributed by atoms with Crippen molar-refractivity contribution in [3.8, 4) is 11.8 Å². The van der Waals surface area contributed by atoms with Crippen molar-refractivity contribution in [3.05, 3.63) is 36.0 Å². The Morgan fingerprint density at radius 3 is 2.76 bits per heavy atom. The highest BCUT2D eigenvalue weighted by Crippen LogP contribution is 2.15. The average molecular weight is 288 g/mol. The van der Waals surface area contributed by atoms with Crippen LogP contribution in [-0.4, -0.2) is 30.0 Å². The molecule has 4 N–H and O–H groups in total. The normalized spacial score (nSPS) is 10.4. The highest BCUT2D eigenvalue weighted by atomic mass is 16.3. The fourth-order valence-corrected chi connectivity index (χ4v) is 1.42. The van der Waals surface area contributed by atoms with E-state index in [1.54, 1.807) is 18.2 Å². The summed E-state index contributed by atoms with van der Waals surface area (Å²) in [6.07, 6.45) is 1.28. The first-order valence-electron chi connectivity index (χ1n) is 6.21. The van der Waals surface area contributed by atoms with Gasteiger partial charge in [-0.3, -0.25) is 9.59 Å². The summed E-state index contributed by atoms with van der Waals surface area (Å²) in [7, 11) is 0. The minimum Gasteiger partial charge on any atom is -0.508 e. The van der Waals surface area contributed by atoms with Gasteiger partial charge in [-0.05, 0) is 12.1 Å². The van der Waals surface area contributed by atoms with Crippen LogP contribution in [0.15, 0.2) is 36.0 Å². The van der Waals surface area contributed by atoms with E-state index in [1.165, 1.54) is 25.3 Å². The summed E-state index contributed by atoms with van der Waals surface area (Å²) in [5.41, 5.74) is 0.278. The summed E-state index contributed by atoms with van der Waals surface area (Å²) in [6, 6.07) is 7.79. The Morgan fingerprint density at radius 2 is 2.14 bits per heavy atom. The van der Waals surface area contributed by atoms with Crippen molar-refractivity contribution < 1.29 is 14.7 Å². The fourth-order valence-electron chi connectivity index (χ4n) is 1.42. The molecular weight excluding hydrogens is 272 g/mol. The highest BCUT2D eigenvalue weighted by Gasteiger charge is 2.09. The number of phenols is 1. The summed E-state index contributed by atoms with van der Waals surface area (Å²) in [4.78, 5) is 22.5. The van der Waals surface area contributed by atoms with Gasteiger partial charge in [-0.1, -0.05) is 6.07 Å². The van der Waals surface area contributed by atoms with E-state index in [4.69, 9.17) is 5.26 Å². The zero-order valence-electron chi connectivity index (χ0n) is 11.5. The van der Waals surface area contributed by atoms with Gasteiger partial charge in [-0.2, -0.15) is 5.26 Å². The van der Waals surface area contributed by atoms with Gasteiger partial charge in [0.05, 0.1) is 0 Å². The van der Waals surface area contributed by atoms with E-state index in [9.17, 15) is 14.7 Å². The molecule has 1 rings (SSSR count). The van der Waals surface area contributed by atoms with E-state index in [-0.39, 0.29) is 17.2 Å². The highest BCUT2D eigenvalue weighted by molar-refractivity contribution is 6.06. The fraction of sp³-hybridized carbons (Fsp3) is 0.214. The largest absolute Gasteiger partial charge is 0.508 e. The number of rotatable bonds is 6. The number of hydrogen-bond acceptors (Lipinski definition) is 5. The molecule has 2 amide bonds. The minimum absolute atomic E-state index is 0.0173. The standard InChI is InChI=1S/C14H16N4O3/c1-10(19)17-6-5-16-9-11(8-15)14(21)18-12-3-2-4-13(20)7-12/h2-4,7,9,16,20H,5-6H2,1H3,(H,17,19)(H,18,21)/b11-9-. The van der Waals surface area contributed by atoms with E-state index >= 15 is 0 Å². The molecule has 0 radical (unpaired) electrons. The number of phenolic OH excluding ortho intramolecular Hbond substituents is 1. The Morgan fingerprint density at radius 1 is 1.38 bits per heavy atom. The monoisotopic (exact) mass is 288 g/mol. The zero-order valence-corrected chi connectivity index (χ0v) is 11.5. The molecule has 0 atom stereocenters. The van der Waals surface area contributed by atoms with Gasteiger partial charge in [0.2, 0.25) is 5.91 Å². The second-order valence-corrected chi connectivity index (χ2v) is 4.11. The van der Waals surface area contributed by atoms with E-state index < -0.39 is 5.91 Å². The molecule has 110 valence electrons. The Hall–Kier alpha value is -3.01. The maximum absolute atomic E-state index is 11.8. The molecule has 1 aromatic carbocycles. The zero-order chi connectivity index (χ0) is 15.7. The number of anilines is 1. The van der Waals surface area contributed by atoms with Gasteiger partial charge >= 0.3 is 0 Å². The smallest absolute Gasteiger partial charge is 0.267 e. The molecule has 0 unspecified atom stereocenters. The number of benzene rings is 1. The molecule has 21 heavy (non-hydrogen) atoms. The molecule has 0 bridgehead atoms. The van der Waals surface area contributed by atoms with Gasteiger partial charge in [0.25, 0.3) is 5.91 Å². The van der Waals surface area contributed by atoms with Crippen LogP contribution in [0.1, 0.15) is 6.92 Å². The third kappa shape index (κ3) is 6.11. The molecule has 0 heterocycles. The first kappa shape index (κ1) is 16.0. The van der Waals surface area contributed by atoms with E-state index in [0.29, 0.717) is 18.8 Å². The van der Waals surface area contributed by atoms with E-state index in [0.717, 1.165) is 0 Å². The van der Waals surface area contributed by atoms with Crippen LogP contribution in [0.4, 0.5) is 5.69 Å². The number of amides is 2. The van der Waals surface area contributed by atoms with Crippen LogP contribution in [0.3, 0.4) is 0 Å². The number of carbonyl (C=O) groups excluding carboxylic acids is 2. The number of carbonyl (C=O) groups is 2. The molecular formula is C14H16N4O3. The Bertz CT molecular complexity index is 590. The van der Waals surface area contributed by atoms with Crippen molar-refractivity contribution in [2.75, 3.05) is 18.4 Å². The van der Waals surface area contributed by atoms with Gasteiger partial charge < -0.3 is 21.1 Å².